The van der Waals surface area contributed by atoms with Crippen molar-refractivity contribution in [3.63, 3.8) is 0 Å². The predicted octanol–water partition coefficient (Wildman–Crippen LogP) is 3.79. The fourth-order valence-electron chi connectivity index (χ4n) is 1.93. The van der Waals surface area contributed by atoms with Crippen LogP contribution in [0.25, 0.3) is 0 Å². The number of anilines is 2. The lowest BCUT2D eigenvalue weighted by atomic mass is 10.1. The molecule has 0 bridgehead atoms. The van der Waals surface area contributed by atoms with E-state index < -0.39 is 0 Å². The largest absolute Gasteiger partial charge is 0.326 e. The van der Waals surface area contributed by atoms with Crippen LogP contribution < -0.4 is 10.7 Å². The minimum Gasteiger partial charge on any atom is -0.326 e. The Morgan fingerprint density at radius 3 is 2.52 bits per heavy atom. The second-order valence-corrected chi connectivity index (χ2v) is 4.89. The number of benzene rings is 2. The number of amides is 1. The van der Waals surface area contributed by atoms with Crippen molar-refractivity contribution in [3.05, 3.63) is 59.7 Å². The maximum Gasteiger partial charge on any atom is 0.221 e. The van der Waals surface area contributed by atoms with Crippen molar-refractivity contribution in [3.8, 4) is 0 Å². The second-order valence-electron chi connectivity index (χ2n) is 4.89. The lowest BCUT2D eigenvalue weighted by Crippen LogP contribution is -2.07. The number of nitrogens with one attached hydrogen (secondary N) is 2. The molecule has 0 spiro atoms. The molecule has 0 saturated heterocycles. The third kappa shape index (κ3) is 4.18. The van der Waals surface area contributed by atoms with E-state index in [2.05, 4.69) is 15.8 Å². The van der Waals surface area contributed by atoms with Gasteiger partial charge in [-0.3, -0.25) is 10.2 Å². The minimum atomic E-state index is -0.0835. The first kappa shape index (κ1) is 14.8. The Hall–Kier alpha value is -2.62. The average Bonchev–Trinajstić information content (AvgIpc) is 2.45. The summed E-state index contributed by atoms with van der Waals surface area (Å²) >= 11 is 0. The number of hydrogen-bond acceptors (Lipinski definition) is 3. The minimum absolute atomic E-state index is 0.0835. The molecule has 0 aliphatic rings. The molecular weight excluding hydrogens is 262 g/mol. The summed E-state index contributed by atoms with van der Waals surface area (Å²) in [7, 11) is 0. The molecule has 0 aliphatic heterocycles. The zero-order valence-electron chi connectivity index (χ0n) is 12.5. The molecule has 2 aromatic rings. The number of hydrazone groups is 1. The molecule has 0 aliphatic carbocycles. The molecule has 2 aromatic carbocycles. The fraction of sp³-hybridized carbons (Fsp3) is 0.176. The van der Waals surface area contributed by atoms with Gasteiger partial charge in [0.2, 0.25) is 5.91 Å². The van der Waals surface area contributed by atoms with Crippen molar-refractivity contribution in [2.75, 3.05) is 10.7 Å². The standard InChI is InChI=1S/C17H19N3O/c1-12-7-4-5-10-17(12)20-19-13(2)15-8-6-9-16(11-15)18-14(3)21/h4-11,20H,1-3H3,(H,18,21)/b19-13-. The van der Waals surface area contributed by atoms with E-state index in [1.807, 2.05) is 62.4 Å². The molecule has 0 aromatic heterocycles. The Bertz CT molecular complexity index is 677. The van der Waals surface area contributed by atoms with Crippen molar-refractivity contribution < 1.29 is 4.79 Å². The zero-order chi connectivity index (χ0) is 15.2. The van der Waals surface area contributed by atoms with E-state index in [4.69, 9.17) is 0 Å². The van der Waals surface area contributed by atoms with Gasteiger partial charge in [-0.25, -0.2) is 0 Å². The van der Waals surface area contributed by atoms with Crippen molar-refractivity contribution in [2.45, 2.75) is 20.8 Å². The van der Waals surface area contributed by atoms with E-state index in [9.17, 15) is 4.79 Å². The molecule has 1 amide bonds. The number of aryl methyl sites for hydroxylation is 1. The van der Waals surface area contributed by atoms with Crippen LogP contribution in [0.1, 0.15) is 25.0 Å². The van der Waals surface area contributed by atoms with Gasteiger partial charge in [0.05, 0.1) is 11.4 Å². The molecule has 2 N–H and O–H groups in total. The monoisotopic (exact) mass is 281 g/mol. The third-order valence-electron chi connectivity index (χ3n) is 3.09. The molecule has 4 heteroatoms. The summed E-state index contributed by atoms with van der Waals surface area (Å²) in [5, 5.41) is 7.17. The van der Waals surface area contributed by atoms with Crippen molar-refractivity contribution in [1.82, 2.24) is 0 Å². The van der Waals surface area contributed by atoms with Gasteiger partial charge in [0.25, 0.3) is 0 Å². The lowest BCUT2D eigenvalue weighted by molar-refractivity contribution is -0.114. The van der Waals surface area contributed by atoms with Crippen LogP contribution in [-0.4, -0.2) is 11.6 Å². The van der Waals surface area contributed by atoms with Gasteiger partial charge in [0.1, 0.15) is 0 Å². The molecule has 0 fully saturated rings. The van der Waals surface area contributed by atoms with Gasteiger partial charge in [-0.2, -0.15) is 5.10 Å². The van der Waals surface area contributed by atoms with Crippen molar-refractivity contribution >= 4 is 23.0 Å². The Balaban J connectivity index is 2.16. The van der Waals surface area contributed by atoms with E-state index in [1.54, 1.807) is 0 Å². The molecule has 21 heavy (non-hydrogen) atoms. The van der Waals surface area contributed by atoms with Crippen molar-refractivity contribution in [1.29, 1.82) is 0 Å². The van der Waals surface area contributed by atoms with Crippen molar-refractivity contribution in [2.24, 2.45) is 5.10 Å². The average molecular weight is 281 g/mol. The number of nitrogens with zero attached hydrogens (tertiary/aromatic N) is 1. The highest BCUT2D eigenvalue weighted by Gasteiger charge is 2.01. The van der Waals surface area contributed by atoms with Gasteiger partial charge >= 0.3 is 0 Å². The molecule has 0 radical (unpaired) electrons. The van der Waals surface area contributed by atoms with Crippen LogP contribution in [0.15, 0.2) is 53.6 Å². The van der Waals surface area contributed by atoms with E-state index in [-0.39, 0.29) is 5.91 Å². The van der Waals surface area contributed by atoms with Crippen LogP contribution in [0.5, 0.6) is 0 Å². The molecule has 108 valence electrons. The maximum absolute atomic E-state index is 11.1. The molecule has 0 heterocycles. The van der Waals surface area contributed by atoms with E-state index in [0.29, 0.717) is 0 Å². The smallest absolute Gasteiger partial charge is 0.221 e. The molecule has 0 saturated carbocycles. The number of hydrogen-bond donors (Lipinski definition) is 2. The quantitative estimate of drug-likeness (QED) is 0.661. The fourth-order valence-corrected chi connectivity index (χ4v) is 1.93. The first-order chi connectivity index (χ1) is 10.1. The molecule has 0 atom stereocenters. The Morgan fingerprint density at radius 2 is 1.81 bits per heavy atom. The molecule has 4 nitrogen and oxygen atoms in total. The highest BCUT2D eigenvalue weighted by Crippen LogP contribution is 2.15. The van der Waals surface area contributed by atoms with E-state index in [1.165, 1.54) is 6.92 Å². The van der Waals surface area contributed by atoms with Crippen LogP contribution >= 0.6 is 0 Å². The Morgan fingerprint density at radius 1 is 1.05 bits per heavy atom. The van der Waals surface area contributed by atoms with Gasteiger partial charge in [-0.15, -0.1) is 0 Å². The van der Waals surface area contributed by atoms with Gasteiger partial charge in [-0.1, -0.05) is 30.3 Å². The Labute approximate surface area is 124 Å². The van der Waals surface area contributed by atoms with Gasteiger partial charge < -0.3 is 5.32 Å². The summed E-state index contributed by atoms with van der Waals surface area (Å²) in [5.74, 6) is -0.0835. The molecule has 2 rings (SSSR count). The molecular formula is C17H19N3O. The lowest BCUT2D eigenvalue weighted by Gasteiger charge is -2.08. The Kier molecular flexibility index (Phi) is 4.72. The summed E-state index contributed by atoms with van der Waals surface area (Å²) in [6, 6.07) is 15.6. The van der Waals surface area contributed by atoms with Gasteiger partial charge in [0, 0.05) is 12.6 Å². The SMILES string of the molecule is CC(=O)Nc1cccc(/C(C)=N\Nc2ccccc2C)c1. The zero-order valence-corrected chi connectivity index (χ0v) is 12.5. The number of para-hydroxylation sites is 1. The second kappa shape index (κ2) is 6.70. The predicted molar refractivity (Wildman–Crippen MR) is 87.8 cm³/mol. The summed E-state index contributed by atoms with van der Waals surface area (Å²) in [4.78, 5) is 11.1. The maximum atomic E-state index is 11.1. The van der Waals surface area contributed by atoms with Crippen LogP contribution in [0.2, 0.25) is 0 Å². The summed E-state index contributed by atoms with van der Waals surface area (Å²) in [5.41, 5.74) is 7.77. The third-order valence-corrected chi connectivity index (χ3v) is 3.09. The van der Waals surface area contributed by atoms with Crippen LogP contribution in [0.3, 0.4) is 0 Å². The van der Waals surface area contributed by atoms with Crippen LogP contribution in [-0.2, 0) is 4.79 Å². The summed E-state index contributed by atoms with van der Waals surface area (Å²) < 4.78 is 0. The summed E-state index contributed by atoms with van der Waals surface area (Å²) in [6.45, 7) is 5.45. The number of carbonyl (C=O) groups excluding carboxylic acids is 1. The normalized spacial score (nSPS) is 11.1. The van der Waals surface area contributed by atoms with E-state index in [0.717, 1.165) is 28.2 Å². The van der Waals surface area contributed by atoms with Crippen LogP contribution in [0.4, 0.5) is 11.4 Å². The number of carbonyl (C=O) groups is 1. The van der Waals surface area contributed by atoms with Gasteiger partial charge in [0.15, 0.2) is 0 Å². The van der Waals surface area contributed by atoms with Gasteiger partial charge in [-0.05, 0) is 43.2 Å². The first-order valence-electron chi connectivity index (χ1n) is 6.80. The highest BCUT2D eigenvalue weighted by molar-refractivity contribution is 6.00. The first-order valence-corrected chi connectivity index (χ1v) is 6.80. The topological polar surface area (TPSA) is 53.5 Å². The molecule has 0 unspecified atom stereocenters. The number of rotatable bonds is 4. The highest BCUT2D eigenvalue weighted by atomic mass is 16.1. The summed E-state index contributed by atoms with van der Waals surface area (Å²) in [6.07, 6.45) is 0. The van der Waals surface area contributed by atoms with E-state index >= 15 is 0 Å². The van der Waals surface area contributed by atoms with Crippen LogP contribution in [0, 0.1) is 6.92 Å².